The third kappa shape index (κ3) is 2.92. The summed E-state index contributed by atoms with van der Waals surface area (Å²) in [7, 11) is -3.47. The maximum atomic E-state index is 11.5. The minimum Gasteiger partial charge on any atom is -0.286 e. The zero-order chi connectivity index (χ0) is 10.8. The fourth-order valence-corrected chi connectivity index (χ4v) is 2.90. The van der Waals surface area contributed by atoms with Crippen molar-refractivity contribution in [3.05, 3.63) is 29.8 Å². The van der Waals surface area contributed by atoms with Crippen molar-refractivity contribution in [3.63, 3.8) is 0 Å². The maximum Gasteiger partial charge on any atom is 0.213 e. The van der Waals surface area contributed by atoms with E-state index in [1.807, 2.05) is 6.92 Å². The molecule has 3 nitrogen and oxygen atoms in total. The van der Waals surface area contributed by atoms with Crippen molar-refractivity contribution in [2.24, 2.45) is 0 Å². The third-order valence-corrected chi connectivity index (χ3v) is 3.97. The Balaban J connectivity index is 3.05. The van der Waals surface area contributed by atoms with Crippen LogP contribution < -0.4 is 0 Å². The molecule has 0 amide bonds. The summed E-state index contributed by atoms with van der Waals surface area (Å²) in [6.07, 6.45) is 0. The molecule has 1 aromatic rings. The van der Waals surface area contributed by atoms with Gasteiger partial charge in [-0.25, -0.2) is 8.42 Å². The van der Waals surface area contributed by atoms with E-state index in [9.17, 15) is 13.2 Å². The molecule has 0 aliphatic carbocycles. The third-order valence-electron chi connectivity index (χ3n) is 1.68. The Bertz CT molecular complexity index is 434. The van der Waals surface area contributed by atoms with E-state index in [1.54, 1.807) is 12.1 Å². The fraction of sp³-hybridized carbons (Fsp3) is 0.222. The zero-order valence-corrected chi connectivity index (χ0v) is 9.93. The molecule has 0 fully saturated rings. The second-order valence-corrected chi connectivity index (χ2v) is 5.80. The molecule has 1 rings (SSSR count). The fourth-order valence-electron chi connectivity index (χ4n) is 0.978. The highest BCUT2D eigenvalue weighted by Crippen LogP contribution is 2.12. The summed E-state index contributed by atoms with van der Waals surface area (Å²) in [5.74, 6) is -0.504. The topological polar surface area (TPSA) is 51.2 Å². The standard InChI is InChI=1S/C9H9BrO3S/c1-7-2-4-8(5-3-7)14(12,13)6-9(10)11/h2-5H,6H2,1H3. The van der Waals surface area contributed by atoms with E-state index >= 15 is 0 Å². The minimum absolute atomic E-state index is 0.177. The number of carbonyl (C=O) groups is 1. The highest BCUT2D eigenvalue weighted by atomic mass is 79.9. The molecule has 1 aromatic carbocycles. The normalized spacial score (nSPS) is 11.3. The molecule has 5 heteroatoms. The van der Waals surface area contributed by atoms with E-state index in [-0.39, 0.29) is 4.90 Å². The smallest absolute Gasteiger partial charge is 0.213 e. The van der Waals surface area contributed by atoms with Gasteiger partial charge in [-0.15, -0.1) is 0 Å². The van der Waals surface area contributed by atoms with Crippen molar-refractivity contribution in [1.82, 2.24) is 0 Å². The lowest BCUT2D eigenvalue weighted by molar-refractivity contribution is -0.108. The largest absolute Gasteiger partial charge is 0.286 e. The summed E-state index contributed by atoms with van der Waals surface area (Å²) in [5, 5.41) is 0. The first-order valence-corrected chi connectivity index (χ1v) is 6.34. The average molecular weight is 277 g/mol. The monoisotopic (exact) mass is 276 g/mol. The van der Waals surface area contributed by atoms with Crippen molar-refractivity contribution in [2.75, 3.05) is 5.75 Å². The second-order valence-electron chi connectivity index (χ2n) is 2.93. The van der Waals surface area contributed by atoms with Crippen LogP contribution in [0, 0.1) is 6.92 Å². The van der Waals surface area contributed by atoms with E-state index < -0.39 is 20.3 Å². The molecule has 14 heavy (non-hydrogen) atoms. The van der Waals surface area contributed by atoms with Gasteiger partial charge in [0, 0.05) is 0 Å². The van der Waals surface area contributed by atoms with E-state index in [1.165, 1.54) is 12.1 Å². The van der Waals surface area contributed by atoms with Crippen LogP contribution in [0.15, 0.2) is 29.2 Å². The number of sulfone groups is 1. The van der Waals surface area contributed by atoms with E-state index in [2.05, 4.69) is 15.9 Å². The number of rotatable bonds is 3. The zero-order valence-electron chi connectivity index (χ0n) is 7.53. The molecule has 0 N–H and O–H groups in total. The van der Waals surface area contributed by atoms with Gasteiger partial charge in [0.15, 0.2) is 9.84 Å². The summed E-state index contributed by atoms with van der Waals surface area (Å²) in [6.45, 7) is 1.87. The molecule has 0 bridgehead atoms. The number of carbonyl (C=O) groups excluding carboxylic acids is 1. The van der Waals surface area contributed by atoms with Crippen LogP contribution in [-0.2, 0) is 14.6 Å². The van der Waals surface area contributed by atoms with Gasteiger partial charge in [0.2, 0.25) is 4.69 Å². The molecule has 0 radical (unpaired) electrons. The minimum atomic E-state index is -3.47. The van der Waals surface area contributed by atoms with Gasteiger partial charge in [-0.2, -0.15) is 0 Å². The van der Waals surface area contributed by atoms with Gasteiger partial charge < -0.3 is 0 Å². The second kappa shape index (κ2) is 4.23. The summed E-state index contributed by atoms with van der Waals surface area (Å²) >= 11 is 2.60. The molecule has 0 aliphatic rings. The number of hydrogen-bond donors (Lipinski definition) is 0. The first kappa shape index (κ1) is 11.4. The molecular weight excluding hydrogens is 268 g/mol. The molecule has 0 heterocycles. The lowest BCUT2D eigenvalue weighted by Gasteiger charge is -2.01. The van der Waals surface area contributed by atoms with Gasteiger partial charge in [-0.3, -0.25) is 4.79 Å². The average Bonchev–Trinajstić information content (AvgIpc) is 2.02. The Hall–Kier alpha value is -0.680. The molecule has 0 saturated heterocycles. The summed E-state index contributed by atoms with van der Waals surface area (Å²) < 4.78 is 22.5. The van der Waals surface area contributed by atoms with E-state index in [0.717, 1.165) is 5.56 Å². The molecule has 0 aliphatic heterocycles. The number of hydrogen-bond acceptors (Lipinski definition) is 3. The molecule has 76 valence electrons. The van der Waals surface area contributed by atoms with Crippen LogP contribution in [0.5, 0.6) is 0 Å². The lowest BCUT2D eigenvalue weighted by atomic mass is 10.2. The van der Waals surface area contributed by atoms with Crippen LogP contribution in [0.25, 0.3) is 0 Å². The van der Waals surface area contributed by atoms with Crippen molar-refractivity contribution < 1.29 is 13.2 Å². The van der Waals surface area contributed by atoms with Crippen molar-refractivity contribution in [3.8, 4) is 0 Å². The first-order chi connectivity index (χ1) is 6.42. The van der Waals surface area contributed by atoms with E-state index in [4.69, 9.17) is 0 Å². The molecule has 0 spiro atoms. The quantitative estimate of drug-likeness (QED) is 0.790. The SMILES string of the molecule is Cc1ccc(S(=O)(=O)CC(=O)Br)cc1. The lowest BCUT2D eigenvalue weighted by Crippen LogP contribution is -2.11. The van der Waals surface area contributed by atoms with Crippen molar-refractivity contribution >= 4 is 30.5 Å². The highest BCUT2D eigenvalue weighted by Gasteiger charge is 2.16. The Morgan fingerprint density at radius 3 is 2.21 bits per heavy atom. The van der Waals surface area contributed by atoms with E-state index in [0.29, 0.717) is 0 Å². The van der Waals surface area contributed by atoms with Crippen molar-refractivity contribution in [1.29, 1.82) is 0 Å². The molecule has 0 atom stereocenters. The van der Waals surface area contributed by atoms with Crippen LogP contribution in [0.1, 0.15) is 5.56 Å². The number of halogens is 1. The Morgan fingerprint density at radius 2 is 1.79 bits per heavy atom. The molecular formula is C9H9BrO3S. The number of aryl methyl sites for hydroxylation is 1. The van der Waals surface area contributed by atoms with Gasteiger partial charge >= 0.3 is 0 Å². The van der Waals surface area contributed by atoms with Gasteiger partial charge in [-0.1, -0.05) is 17.7 Å². The van der Waals surface area contributed by atoms with Crippen LogP contribution in [0.4, 0.5) is 0 Å². The summed E-state index contributed by atoms with van der Waals surface area (Å²) in [4.78, 5) is 10.8. The van der Waals surface area contributed by atoms with Gasteiger partial charge in [-0.05, 0) is 35.0 Å². The molecule has 0 unspecified atom stereocenters. The maximum absolute atomic E-state index is 11.5. The Labute approximate surface area is 91.2 Å². The Kier molecular flexibility index (Phi) is 3.44. The highest BCUT2D eigenvalue weighted by molar-refractivity contribution is 9.18. The Morgan fingerprint density at radius 1 is 1.29 bits per heavy atom. The number of benzene rings is 1. The summed E-state index contributed by atoms with van der Waals surface area (Å²) in [5.41, 5.74) is 0.981. The predicted octanol–water partition coefficient (Wildman–Crippen LogP) is 1.69. The van der Waals surface area contributed by atoms with Crippen LogP contribution >= 0.6 is 15.9 Å². The van der Waals surface area contributed by atoms with Gasteiger partial charge in [0.05, 0.1) is 4.90 Å². The summed E-state index contributed by atoms with van der Waals surface area (Å²) in [6, 6.07) is 6.40. The van der Waals surface area contributed by atoms with Crippen LogP contribution in [-0.4, -0.2) is 18.9 Å². The first-order valence-electron chi connectivity index (χ1n) is 3.89. The van der Waals surface area contributed by atoms with Crippen molar-refractivity contribution in [2.45, 2.75) is 11.8 Å². The predicted molar refractivity (Wildman–Crippen MR) is 57.2 cm³/mol. The molecule has 0 aromatic heterocycles. The van der Waals surface area contributed by atoms with Crippen LogP contribution in [0.2, 0.25) is 0 Å². The van der Waals surface area contributed by atoms with Gasteiger partial charge in [0.1, 0.15) is 5.75 Å². The van der Waals surface area contributed by atoms with Gasteiger partial charge in [0.25, 0.3) is 0 Å². The van der Waals surface area contributed by atoms with Crippen LogP contribution in [0.3, 0.4) is 0 Å². The molecule has 0 saturated carbocycles.